The summed E-state index contributed by atoms with van der Waals surface area (Å²) in [6.07, 6.45) is 1.52. The Morgan fingerprint density at radius 2 is 1.82 bits per heavy atom. The first kappa shape index (κ1) is 17.9. The Kier molecular flexibility index (Phi) is 4.66. The third-order valence-electron chi connectivity index (χ3n) is 4.03. The van der Waals surface area contributed by atoms with Crippen molar-refractivity contribution < 1.29 is 13.2 Å². The summed E-state index contributed by atoms with van der Waals surface area (Å²) < 4.78 is 35.1. The fraction of sp³-hybridized carbons (Fsp3) is 0.105. The minimum absolute atomic E-state index is 0.0978. The quantitative estimate of drug-likeness (QED) is 0.539. The predicted molar refractivity (Wildman–Crippen MR) is 105 cm³/mol. The third-order valence-corrected chi connectivity index (χ3v) is 5.45. The van der Waals surface area contributed by atoms with Gasteiger partial charge in [-0.3, -0.25) is 4.72 Å². The molecule has 2 aromatic carbocycles. The number of benzene rings is 2. The topological polar surface area (TPSA) is 98.5 Å². The Labute approximate surface area is 161 Å². The monoisotopic (exact) mass is 395 g/mol. The number of sulfonamides is 1. The molecule has 0 saturated heterocycles. The molecule has 2 heterocycles. The molecule has 0 amide bonds. The van der Waals surface area contributed by atoms with Crippen molar-refractivity contribution in [1.29, 1.82) is 0 Å². The number of anilines is 1. The van der Waals surface area contributed by atoms with Gasteiger partial charge in [-0.15, -0.1) is 10.2 Å². The lowest BCUT2D eigenvalue weighted by Gasteiger charge is -2.12. The molecule has 0 bridgehead atoms. The second-order valence-corrected chi connectivity index (χ2v) is 7.57. The van der Waals surface area contributed by atoms with E-state index in [1.165, 1.54) is 12.4 Å². The smallest absolute Gasteiger partial charge is 0.265 e. The number of hydrogen-bond donors (Lipinski definition) is 1. The summed E-state index contributed by atoms with van der Waals surface area (Å²) in [6, 6.07) is 17.2. The van der Waals surface area contributed by atoms with Crippen LogP contribution in [0.1, 0.15) is 6.92 Å². The summed E-state index contributed by atoms with van der Waals surface area (Å²) in [7, 11) is -3.78. The van der Waals surface area contributed by atoms with Crippen molar-refractivity contribution in [1.82, 2.24) is 19.8 Å². The SMILES string of the molecule is CCOc1ccccc1S(=O)(=O)Nc1ccc(-c2ccc3nncn3n2)cc1. The number of rotatable bonds is 6. The van der Waals surface area contributed by atoms with Crippen LogP contribution in [0.15, 0.2) is 71.9 Å². The first-order chi connectivity index (χ1) is 13.6. The van der Waals surface area contributed by atoms with Crippen molar-refractivity contribution in [2.45, 2.75) is 11.8 Å². The summed E-state index contributed by atoms with van der Waals surface area (Å²) in [5, 5.41) is 12.1. The minimum atomic E-state index is -3.78. The molecule has 0 spiro atoms. The zero-order chi connectivity index (χ0) is 19.6. The van der Waals surface area contributed by atoms with Crippen LogP contribution in [0.2, 0.25) is 0 Å². The molecule has 0 aliphatic rings. The van der Waals surface area contributed by atoms with Crippen LogP contribution in [0, 0.1) is 0 Å². The highest BCUT2D eigenvalue weighted by molar-refractivity contribution is 7.92. The van der Waals surface area contributed by atoms with E-state index in [0.717, 1.165) is 11.3 Å². The largest absolute Gasteiger partial charge is 0.492 e. The van der Waals surface area contributed by atoms with Gasteiger partial charge >= 0.3 is 0 Å². The number of para-hydroxylation sites is 1. The lowest BCUT2D eigenvalue weighted by atomic mass is 10.1. The van der Waals surface area contributed by atoms with E-state index in [-0.39, 0.29) is 4.90 Å². The number of ether oxygens (including phenoxy) is 1. The van der Waals surface area contributed by atoms with Crippen molar-refractivity contribution in [2.24, 2.45) is 0 Å². The van der Waals surface area contributed by atoms with Crippen LogP contribution in [0.5, 0.6) is 5.75 Å². The van der Waals surface area contributed by atoms with Crippen LogP contribution in [-0.2, 0) is 10.0 Å². The van der Waals surface area contributed by atoms with Crippen LogP contribution >= 0.6 is 0 Å². The molecule has 0 unspecified atom stereocenters. The summed E-state index contributed by atoms with van der Waals surface area (Å²) in [6.45, 7) is 2.19. The summed E-state index contributed by atoms with van der Waals surface area (Å²) in [4.78, 5) is 0.0978. The molecule has 9 heteroatoms. The first-order valence-electron chi connectivity index (χ1n) is 8.59. The highest BCUT2D eigenvalue weighted by Crippen LogP contribution is 2.26. The molecular formula is C19H17N5O3S. The zero-order valence-corrected chi connectivity index (χ0v) is 15.8. The molecule has 0 radical (unpaired) electrons. The van der Waals surface area contributed by atoms with Crippen LogP contribution in [0.4, 0.5) is 5.69 Å². The van der Waals surface area contributed by atoms with Gasteiger partial charge in [-0.05, 0) is 43.3 Å². The number of nitrogens with zero attached hydrogens (tertiary/aromatic N) is 4. The molecule has 2 aromatic heterocycles. The van der Waals surface area contributed by atoms with Crippen molar-refractivity contribution in [3.8, 4) is 17.0 Å². The number of nitrogens with one attached hydrogen (secondary N) is 1. The van der Waals surface area contributed by atoms with E-state index in [1.54, 1.807) is 53.9 Å². The summed E-state index contributed by atoms with van der Waals surface area (Å²) in [5.74, 6) is 0.320. The van der Waals surface area contributed by atoms with Gasteiger partial charge in [0.25, 0.3) is 10.0 Å². The number of aromatic nitrogens is 4. The van der Waals surface area contributed by atoms with Crippen LogP contribution < -0.4 is 9.46 Å². The molecule has 142 valence electrons. The maximum atomic E-state index is 12.7. The predicted octanol–water partition coefficient (Wildman–Crippen LogP) is 2.99. The molecule has 8 nitrogen and oxygen atoms in total. The fourth-order valence-electron chi connectivity index (χ4n) is 2.75. The Morgan fingerprint density at radius 3 is 2.61 bits per heavy atom. The Balaban J connectivity index is 1.59. The van der Waals surface area contributed by atoms with Gasteiger partial charge in [0.1, 0.15) is 17.0 Å². The second-order valence-electron chi connectivity index (χ2n) is 5.91. The van der Waals surface area contributed by atoms with Gasteiger partial charge in [0.15, 0.2) is 5.65 Å². The zero-order valence-electron chi connectivity index (χ0n) is 15.0. The molecule has 0 saturated carbocycles. The van der Waals surface area contributed by atoms with Crippen LogP contribution in [0.3, 0.4) is 0 Å². The minimum Gasteiger partial charge on any atom is -0.492 e. The van der Waals surface area contributed by atoms with Crippen molar-refractivity contribution in [3.05, 3.63) is 67.0 Å². The fourth-order valence-corrected chi connectivity index (χ4v) is 3.95. The van der Waals surface area contributed by atoms with Gasteiger partial charge in [0.2, 0.25) is 0 Å². The highest BCUT2D eigenvalue weighted by atomic mass is 32.2. The van der Waals surface area contributed by atoms with E-state index in [4.69, 9.17) is 4.74 Å². The van der Waals surface area contributed by atoms with E-state index in [1.807, 2.05) is 12.1 Å². The molecule has 4 rings (SSSR count). The third kappa shape index (κ3) is 3.52. The second kappa shape index (κ2) is 7.28. The number of hydrogen-bond acceptors (Lipinski definition) is 6. The normalized spacial score (nSPS) is 11.5. The lowest BCUT2D eigenvalue weighted by molar-refractivity contribution is 0.331. The molecule has 0 atom stereocenters. The van der Waals surface area contributed by atoms with Crippen LogP contribution in [-0.4, -0.2) is 34.8 Å². The van der Waals surface area contributed by atoms with Gasteiger partial charge in [0, 0.05) is 11.3 Å². The first-order valence-corrected chi connectivity index (χ1v) is 10.1. The van der Waals surface area contributed by atoms with E-state index < -0.39 is 10.0 Å². The molecule has 0 fully saturated rings. The molecule has 0 aliphatic carbocycles. The van der Waals surface area contributed by atoms with Crippen LogP contribution in [0.25, 0.3) is 16.9 Å². The van der Waals surface area contributed by atoms with E-state index in [2.05, 4.69) is 20.0 Å². The van der Waals surface area contributed by atoms with Gasteiger partial charge in [-0.25, -0.2) is 8.42 Å². The molecule has 1 N–H and O–H groups in total. The van der Waals surface area contributed by atoms with E-state index in [9.17, 15) is 8.42 Å². The van der Waals surface area contributed by atoms with E-state index >= 15 is 0 Å². The Hall–Kier alpha value is -3.46. The Bertz CT molecular complexity index is 1220. The van der Waals surface area contributed by atoms with Crippen molar-refractivity contribution >= 4 is 21.4 Å². The maximum Gasteiger partial charge on any atom is 0.265 e. The highest BCUT2D eigenvalue weighted by Gasteiger charge is 2.19. The average Bonchev–Trinajstić information content (AvgIpc) is 3.17. The van der Waals surface area contributed by atoms with Crippen molar-refractivity contribution in [2.75, 3.05) is 11.3 Å². The van der Waals surface area contributed by atoms with E-state index in [0.29, 0.717) is 23.7 Å². The van der Waals surface area contributed by atoms with Gasteiger partial charge in [0.05, 0.1) is 12.3 Å². The van der Waals surface area contributed by atoms with Gasteiger partial charge < -0.3 is 4.74 Å². The number of fused-ring (bicyclic) bond motifs is 1. The standard InChI is InChI=1S/C19H17N5O3S/c1-2-27-17-5-3-4-6-18(17)28(25,26)23-15-9-7-14(8-10-15)16-11-12-19-21-20-13-24(19)22-16/h3-13,23H,2H2,1H3. The maximum absolute atomic E-state index is 12.7. The summed E-state index contributed by atoms with van der Waals surface area (Å²) in [5.41, 5.74) is 2.66. The molecule has 28 heavy (non-hydrogen) atoms. The molecular weight excluding hydrogens is 378 g/mol. The molecule has 4 aromatic rings. The van der Waals surface area contributed by atoms with Gasteiger partial charge in [-0.2, -0.15) is 9.61 Å². The average molecular weight is 395 g/mol. The van der Waals surface area contributed by atoms with Crippen molar-refractivity contribution in [3.63, 3.8) is 0 Å². The van der Waals surface area contributed by atoms with Gasteiger partial charge in [-0.1, -0.05) is 24.3 Å². The Morgan fingerprint density at radius 1 is 1.04 bits per heavy atom. The summed E-state index contributed by atoms with van der Waals surface area (Å²) >= 11 is 0. The lowest BCUT2D eigenvalue weighted by Crippen LogP contribution is -2.14. The molecule has 0 aliphatic heterocycles.